The highest BCUT2D eigenvalue weighted by Gasteiger charge is 2.48. The highest BCUT2D eigenvalue weighted by molar-refractivity contribution is 7.88. The van der Waals surface area contributed by atoms with Gasteiger partial charge in [-0.15, -0.1) is 0 Å². The van der Waals surface area contributed by atoms with E-state index in [1.807, 2.05) is 0 Å². The zero-order chi connectivity index (χ0) is 20.7. The van der Waals surface area contributed by atoms with Crippen LogP contribution in [0.4, 0.5) is 13.2 Å². The molecular formula is C18H13F3O6S. The number of hydrogen-bond acceptors (Lipinski definition) is 6. The van der Waals surface area contributed by atoms with Gasteiger partial charge in [-0.2, -0.15) is 21.6 Å². The maximum Gasteiger partial charge on any atom is 0.534 e. The van der Waals surface area contributed by atoms with Crippen LogP contribution in [0.3, 0.4) is 0 Å². The van der Waals surface area contributed by atoms with Crippen LogP contribution in [0.15, 0.2) is 51.7 Å². The molecule has 1 heterocycles. The number of methoxy groups -OCH3 is 1. The molecular weight excluding hydrogens is 401 g/mol. The summed E-state index contributed by atoms with van der Waals surface area (Å²) in [6, 6.07) is 9.56. The molecule has 0 saturated heterocycles. The number of rotatable bonds is 4. The van der Waals surface area contributed by atoms with Gasteiger partial charge in [0.1, 0.15) is 11.3 Å². The summed E-state index contributed by atoms with van der Waals surface area (Å²) in [5, 5.41) is 0.240. The SMILES string of the molecule is COc1ccc(-c2cc3oc(=O)cc(C)c3cc2OS(=O)(=O)C(F)(F)F)cc1. The van der Waals surface area contributed by atoms with Gasteiger partial charge in [0.25, 0.3) is 0 Å². The van der Waals surface area contributed by atoms with Gasteiger partial charge in [-0.05, 0) is 42.3 Å². The van der Waals surface area contributed by atoms with Crippen LogP contribution in [0.2, 0.25) is 0 Å². The van der Waals surface area contributed by atoms with Crippen LogP contribution in [0, 0.1) is 6.92 Å². The lowest BCUT2D eigenvalue weighted by molar-refractivity contribution is -0.0499. The van der Waals surface area contributed by atoms with Gasteiger partial charge in [-0.1, -0.05) is 12.1 Å². The minimum atomic E-state index is -5.90. The summed E-state index contributed by atoms with van der Waals surface area (Å²) in [4.78, 5) is 11.6. The van der Waals surface area contributed by atoms with E-state index in [0.29, 0.717) is 16.9 Å². The molecule has 0 aliphatic rings. The van der Waals surface area contributed by atoms with Gasteiger partial charge in [-0.25, -0.2) is 4.79 Å². The van der Waals surface area contributed by atoms with Crippen LogP contribution in [-0.4, -0.2) is 21.0 Å². The highest BCUT2D eigenvalue weighted by atomic mass is 32.2. The van der Waals surface area contributed by atoms with Gasteiger partial charge in [0.05, 0.1) is 7.11 Å². The quantitative estimate of drug-likeness (QED) is 0.365. The van der Waals surface area contributed by atoms with Gasteiger partial charge in [0, 0.05) is 17.0 Å². The lowest BCUT2D eigenvalue weighted by atomic mass is 10.0. The molecule has 2 aromatic carbocycles. The molecule has 0 unspecified atom stereocenters. The first kappa shape index (κ1) is 19.7. The molecule has 0 N–H and O–H groups in total. The summed E-state index contributed by atoms with van der Waals surface area (Å²) >= 11 is 0. The first-order valence-electron chi connectivity index (χ1n) is 7.75. The molecule has 0 radical (unpaired) electrons. The second-order valence-corrected chi connectivity index (χ2v) is 7.34. The third-order valence-electron chi connectivity index (χ3n) is 3.94. The second-order valence-electron chi connectivity index (χ2n) is 5.80. The van der Waals surface area contributed by atoms with Gasteiger partial charge in [0.2, 0.25) is 0 Å². The number of alkyl halides is 3. The molecule has 0 aliphatic carbocycles. The molecule has 3 aromatic rings. The molecule has 10 heteroatoms. The van der Waals surface area contributed by atoms with E-state index >= 15 is 0 Å². The first-order valence-corrected chi connectivity index (χ1v) is 9.16. The predicted octanol–water partition coefficient (Wildman–Crippen LogP) is 4.01. The van der Waals surface area contributed by atoms with Crippen molar-refractivity contribution in [1.29, 1.82) is 0 Å². The van der Waals surface area contributed by atoms with Crippen molar-refractivity contribution in [1.82, 2.24) is 0 Å². The molecule has 148 valence electrons. The Morgan fingerprint density at radius 2 is 1.68 bits per heavy atom. The highest BCUT2D eigenvalue weighted by Crippen LogP contribution is 2.38. The molecule has 6 nitrogen and oxygen atoms in total. The van der Waals surface area contributed by atoms with Crippen molar-refractivity contribution in [2.75, 3.05) is 7.11 Å². The van der Waals surface area contributed by atoms with Crippen molar-refractivity contribution >= 4 is 21.1 Å². The molecule has 0 atom stereocenters. The standard InChI is InChI=1S/C18H13F3O6S/c1-10-7-17(22)26-15-9-14(11-3-5-12(25-2)6-4-11)16(8-13(10)15)27-28(23,24)18(19,20)21/h3-9H,1-2H3. The molecule has 1 aromatic heterocycles. The van der Waals surface area contributed by atoms with E-state index in [1.165, 1.54) is 44.4 Å². The Labute approximate surface area is 157 Å². The zero-order valence-corrected chi connectivity index (χ0v) is 15.3. The van der Waals surface area contributed by atoms with Crippen molar-refractivity contribution in [2.45, 2.75) is 12.4 Å². The Balaban J connectivity index is 2.28. The lowest BCUT2D eigenvalue weighted by Crippen LogP contribution is -2.28. The summed E-state index contributed by atoms with van der Waals surface area (Å²) in [7, 11) is -4.46. The zero-order valence-electron chi connectivity index (χ0n) is 14.5. The van der Waals surface area contributed by atoms with E-state index in [0.717, 1.165) is 12.1 Å². The number of fused-ring (bicyclic) bond motifs is 1. The molecule has 0 spiro atoms. The molecule has 3 rings (SSSR count). The minimum Gasteiger partial charge on any atom is -0.497 e. The summed E-state index contributed by atoms with van der Waals surface area (Å²) in [6.45, 7) is 1.54. The molecule has 0 saturated carbocycles. The van der Waals surface area contributed by atoms with E-state index in [9.17, 15) is 26.4 Å². The maximum absolute atomic E-state index is 12.8. The Hall–Kier alpha value is -3.01. The fourth-order valence-corrected chi connectivity index (χ4v) is 3.04. The fourth-order valence-electron chi connectivity index (χ4n) is 2.58. The van der Waals surface area contributed by atoms with E-state index in [-0.39, 0.29) is 16.5 Å². The van der Waals surface area contributed by atoms with Gasteiger partial charge < -0.3 is 13.3 Å². The smallest absolute Gasteiger partial charge is 0.497 e. The minimum absolute atomic E-state index is 0.00303. The van der Waals surface area contributed by atoms with Crippen molar-refractivity contribution in [3.05, 3.63) is 58.4 Å². The Kier molecular flexibility index (Phi) is 4.84. The largest absolute Gasteiger partial charge is 0.534 e. The van der Waals surface area contributed by atoms with Crippen molar-refractivity contribution in [3.63, 3.8) is 0 Å². The Bertz CT molecular complexity index is 1190. The number of hydrogen-bond donors (Lipinski definition) is 0. The third-order valence-corrected chi connectivity index (χ3v) is 4.90. The van der Waals surface area contributed by atoms with Crippen LogP contribution in [0.25, 0.3) is 22.1 Å². The van der Waals surface area contributed by atoms with Crippen LogP contribution >= 0.6 is 0 Å². The average molecular weight is 414 g/mol. The predicted molar refractivity (Wildman–Crippen MR) is 94.8 cm³/mol. The monoisotopic (exact) mass is 414 g/mol. The van der Waals surface area contributed by atoms with E-state index in [2.05, 4.69) is 4.18 Å². The van der Waals surface area contributed by atoms with Crippen molar-refractivity contribution in [2.24, 2.45) is 0 Å². The number of benzene rings is 2. The van der Waals surface area contributed by atoms with Crippen LogP contribution in [0.5, 0.6) is 11.5 Å². The number of aryl methyl sites for hydroxylation is 1. The van der Waals surface area contributed by atoms with Gasteiger partial charge in [0.15, 0.2) is 5.75 Å². The fraction of sp³-hybridized carbons (Fsp3) is 0.167. The van der Waals surface area contributed by atoms with Crippen LogP contribution in [0.1, 0.15) is 5.56 Å². The Morgan fingerprint density at radius 1 is 1.04 bits per heavy atom. The molecule has 0 fully saturated rings. The van der Waals surface area contributed by atoms with E-state index < -0.39 is 27.0 Å². The normalized spacial score (nSPS) is 12.2. The first-order chi connectivity index (χ1) is 13.0. The maximum atomic E-state index is 12.8. The molecule has 0 amide bonds. The summed E-state index contributed by atoms with van der Waals surface area (Å²) < 4.78 is 76.0. The third kappa shape index (κ3) is 3.68. The molecule has 28 heavy (non-hydrogen) atoms. The lowest BCUT2D eigenvalue weighted by Gasteiger charge is -2.15. The number of halogens is 3. The average Bonchev–Trinajstić information content (AvgIpc) is 2.60. The van der Waals surface area contributed by atoms with Crippen molar-refractivity contribution < 1.29 is 34.9 Å². The van der Waals surface area contributed by atoms with E-state index in [4.69, 9.17) is 9.15 Å². The van der Waals surface area contributed by atoms with Crippen LogP contribution < -0.4 is 14.5 Å². The second kappa shape index (κ2) is 6.86. The number of ether oxygens (including phenoxy) is 1. The Morgan fingerprint density at radius 3 is 2.25 bits per heavy atom. The topological polar surface area (TPSA) is 82.8 Å². The summed E-state index contributed by atoms with van der Waals surface area (Å²) in [5.41, 5.74) is -5.45. The van der Waals surface area contributed by atoms with E-state index in [1.54, 1.807) is 0 Å². The van der Waals surface area contributed by atoms with Crippen LogP contribution in [-0.2, 0) is 10.1 Å². The molecule has 0 aliphatic heterocycles. The van der Waals surface area contributed by atoms with Gasteiger partial charge >= 0.3 is 21.3 Å². The summed E-state index contributed by atoms with van der Waals surface area (Å²) in [5.74, 6) is -0.0655. The van der Waals surface area contributed by atoms with Crippen molar-refractivity contribution in [3.8, 4) is 22.6 Å². The molecule has 0 bridgehead atoms. The van der Waals surface area contributed by atoms with Gasteiger partial charge in [-0.3, -0.25) is 0 Å². The summed E-state index contributed by atoms with van der Waals surface area (Å²) in [6.07, 6.45) is 0.